The van der Waals surface area contributed by atoms with Crippen LogP contribution in [-0.4, -0.2) is 0 Å². The van der Waals surface area contributed by atoms with Gasteiger partial charge in [0, 0.05) is 0 Å². The lowest BCUT2D eigenvalue weighted by Gasteiger charge is -2.36. The van der Waals surface area contributed by atoms with Crippen molar-refractivity contribution in [1.29, 1.82) is 0 Å². The minimum absolute atomic E-state index is 0.978. The highest BCUT2D eigenvalue weighted by Crippen LogP contribution is 2.40. The van der Waals surface area contributed by atoms with Gasteiger partial charge >= 0.3 is 0 Å². The number of hydrogen-bond donors (Lipinski definition) is 0. The van der Waals surface area contributed by atoms with Gasteiger partial charge in [0.05, 0.1) is 0 Å². The van der Waals surface area contributed by atoms with Crippen LogP contribution >= 0.6 is 0 Å². The summed E-state index contributed by atoms with van der Waals surface area (Å²) in [5.74, 6) is 5.11. The molecule has 0 aromatic heterocycles. The van der Waals surface area contributed by atoms with E-state index in [9.17, 15) is 0 Å². The highest BCUT2D eigenvalue weighted by molar-refractivity contribution is 4.79. The van der Waals surface area contributed by atoms with Gasteiger partial charge in [-0.25, -0.2) is 0 Å². The molecule has 2 aliphatic carbocycles. The lowest BCUT2D eigenvalue weighted by molar-refractivity contribution is 0.154. The quantitative estimate of drug-likeness (QED) is 0.535. The van der Waals surface area contributed by atoms with Crippen LogP contribution in [0.3, 0.4) is 0 Å². The minimum Gasteiger partial charge on any atom is -0.0651 e. The Morgan fingerprint density at radius 1 is 0.789 bits per heavy atom. The monoisotopic (exact) mass is 264 g/mol. The zero-order valence-electron chi connectivity index (χ0n) is 13.7. The molecule has 19 heavy (non-hydrogen) atoms. The summed E-state index contributed by atoms with van der Waals surface area (Å²) in [4.78, 5) is 0. The Morgan fingerprint density at radius 3 is 2.11 bits per heavy atom. The molecule has 0 amide bonds. The maximum atomic E-state index is 2.56. The fourth-order valence-corrected chi connectivity index (χ4v) is 4.89. The van der Waals surface area contributed by atoms with Gasteiger partial charge in [0.25, 0.3) is 0 Å². The third kappa shape index (κ3) is 4.50. The van der Waals surface area contributed by atoms with Crippen molar-refractivity contribution in [3.8, 4) is 0 Å². The first-order valence-electron chi connectivity index (χ1n) is 9.20. The molecule has 4 atom stereocenters. The molecule has 0 saturated heterocycles. The first kappa shape index (κ1) is 15.4. The second-order valence-corrected chi connectivity index (χ2v) is 7.79. The van der Waals surface area contributed by atoms with E-state index in [1.54, 1.807) is 0 Å². The molecule has 0 heterocycles. The van der Waals surface area contributed by atoms with Crippen LogP contribution in [0.2, 0.25) is 0 Å². The van der Waals surface area contributed by atoms with Crippen LogP contribution in [0.4, 0.5) is 0 Å². The van der Waals surface area contributed by atoms with Crippen LogP contribution in [-0.2, 0) is 0 Å². The van der Waals surface area contributed by atoms with Crippen molar-refractivity contribution in [3.63, 3.8) is 0 Å². The minimum atomic E-state index is 0.978. The summed E-state index contributed by atoms with van der Waals surface area (Å²) in [7, 11) is 0. The molecule has 2 rings (SSSR count). The van der Waals surface area contributed by atoms with E-state index >= 15 is 0 Å². The molecule has 0 aliphatic heterocycles. The fourth-order valence-electron chi connectivity index (χ4n) is 4.89. The third-order valence-corrected chi connectivity index (χ3v) is 6.40. The molecular weight excluding hydrogens is 228 g/mol. The van der Waals surface area contributed by atoms with E-state index in [1.165, 1.54) is 70.6 Å². The predicted octanol–water partition coefficient (Wildman–Crippen LogP) is 6.45. The molecule has 0 nitrogen and oxygen atoms in total. The molecule has 0 aromatic rings. The van der Waals surface area contributed by atoms with Crippen molar-refractivity contribution in [2.75, 3.05) is 0 Å². The summed E-state index contributed by atoms with van der Waals surface area (Å²) in [6.45, 7) is 7.50. The number of rotatable bonds is 5. The average molecular weight is 264 g/mol. The summed E-state index contributed by atoms with van der Waals surface area (Å²) in [6.07, 6.45) is 16.6. The molecule has 0 N–H and O–H groups in total. The summed E-state index contributed by atoms with van der Waals surface area (Å²) < 4.78 is 0. The lowest BCUT2D eigenvalue weighted by atomic mass is 9.70. The van der Waals surface area contributed by atoms with Gasteiger partial charge in [-0.3, -0.25) is 0 Å². The second kappa shape index (κ2) is 7.70. The van der Waals surface area contributed by atoms with Crippen molar-refractivity contribution in [1.82, 2.24) is 0 Å². The smallest absolute Gasteiger partial charge is 0.0386 e. The Kier molecular flexibility index (Phi) is 6.23. The molecule has 2 aliphatic rings. The molecule has 2 saturated carbocycles. The molecule has 2 fully saturated rings. The molecule has 0 bridgehead atoms. The molecule has 0 heteroatoms. The van der Waals surface area contributed by atoms with Crippen molar-refractivity contribution in [2.24, 2.45) is 29.6 Å². The van der Waals surface area contributed by atoms with E-state index < -0.39 is 0 Å². The summed E-state index contributed by atoms with van der Waals surface area (Å²) >= 11 is 0. The molecular formula is C19H36. The van der Waals surface area contributed by atoms with Crippen molar-refractivity contribution in [2.45, 2.75) is 91.4 Å². The van der Waals surface area contributed by atoms with E-state index in [0.717, 1.165) is 29.6 Å². The van der Waals surface area contributed by atoms with Crippen molar-refractivity contribution < 1.29 is 0 Å². The Hall–Kier alpha value is 0. The first-order valence-corrected chi connectivity index (χ1v) is 9.20. The largest absolute Gasteiger partial charge is 0.0651 e. The van der Waals surface area contributed by atoms with Crippen LogP contribution in [0.5, 0.6) is 0 Å². The van der Waals surface area contributed by atoms with Crippen LogP contribution in [0.25, 0.3) is 0 Å². The Labute approximate surface area is 121 Å². The molecule has 0 aromatic carbocycles. The zero-order chi connectivity index (χ0) is 13.7. The highest BCUT2D eigenvalue weighted by Gasteiger charge is 2.28. The molecule has 112 valence electrons. The van der Waals surface area contributed by atoms with Gasteiger partial charge in [-0.1, -0.05) is 78.6 Å². The zero-order valence-corrected chi connectivity index (χ0v) is 13.7. The molecule has 0 spiro atoms. The Balaban J connectivity index is 1.77. The van der Waals surface area contributed by atoms with E-state index in [0.29, 0.717) is 0 Å². The maximum Gasteiger partial charge on any atom is -0.0386 e. The van der Waals surface area contributed by atoms with Gasteiger partial charge in [0.2, 0.25) is 0 Å². The maximum absolute atomic E-state index is 2.56. The standard InChI is InChI=1S/C19H36/c1-4-17-9-8-12-19(14-17)16(3)13-15(2)18-10-6-5-7-11-18/h15-19H,4-14H2,1-3H3. The first-order chi connectivity index (χ1) is 9.20. The molecule has 0 radical (unpaired) electrons. The fraction of sp³-hybridized carbons (Fsp3) is 1.00. The van der Waals surface area contributed by atoms with E-state index in [-0.39, 0.29) is 0 Å². The SMILES string of the molecule is CCC1CCCC(C(C)CC(C)C2CCCCC2)C1. The summed E-state index contributed by atoms with van der Waals surface area (Å²) in [6, 6.07) is 0. The summed E-state index contributed by atoms with van der Waals surface area (Å²) in [5.41, 5.74) is 0. The van der Waals surface area contributed by atoms with E-state index in [1.807, 2.05) is 0 Å². The van der Waals surface area contributed by atoms with Gasteiger partial charge in [-0.15, -0.1) is 0 Å². The van der Waals surface area contributed by atoms with Crippen LogP contribution in [0, 0.1) is 29.6 Å². The van der Waals surface area contributed by atoms with Crippen LogP contribution in [0.15, 0.2) is 0 Å². The topological polar surface area (TPSA) is 0 Å². The van der Waals surface area contributed by atoms with E-state index in [2.05, 4.69) is 20.8 Å². The lowest BCUT2D eigenvalue weighted by Crippen LogP contribution is -2.25. The second-order valence-electron chi connectivity index (χ2n) is 7.79. The van der Waals surface area contributed by atoms with Gasteiger partial charge in [-0.2, -0.15) is 0 Å². The van der Waals surface area contributed by atoms with Gasteiger partial charge in [0.1, 0.15) is 0 Å². The van der Waals surface area contributed by atoms with E-state index in [4.69, 9.17) is 0 Å². The molecule has 4 unspecified atom stereocenters. The third-order valence-electron chi connectivity index (χ3n) is 6.40. The average Bonchev–Trinajstić information content (AvgIpc) is 2.48. The normalized spacial score (nSPS) is 33.0. The van der Waals surface area contributed by atoms with Gasteiger partial charge in [0.15, 0.2) is 0 Å². The summed E-state index contributed by atoms with van der Waals surface area (Å²) in [5, 5.41) is 0. The van der Waals surface area contributed by atoms with Crippen molar-refractivity contribution in [3.05, 3.63) is 0 Å². The van der Waals surface area contributed by atoms with Gasteiger partial charge < -0.3 is 0 Å². The Bertz CT molecular complexity index is 238. The highest BCUT2D eigenvalue weighted by atomic mass is 14.3. The van der Waals surface area contributed by atoms with Gasteiger partial charge in [-0.05, 0) is 42.4 Å². The number of hydrogen-bond acceptors (Lipinski definition) is 0. The predicted molar refractivity (Wildman–Crippen MR) is 85.3 cm³/mol. The van der Waals surface area contributed by atoms with Crippen LogP contribution in [0.1, 0.15) is 91.4 Å². The van der Waals surface area contributed by atoms with Crippen LogP contribution < -0.4 is 0 Å². The Morgan fingerprint density at radius 2 is 1.42 bits per heavy atom. The van der Waals surface area contributed by atoms with Crippen molar-refractivity contribution >= 4 is 0 Å².